The molecule has 4 nitrogen and oxygen atoms in total. The normalized spacial score (nSPS) is 16.7. The monoisotopic (exact) mass is 343 g/mol. The van der Waals surface area contributed by atoms with Gasteiger partial charge in [0.15, 0.2) is 11.6 Å². The molecule has 1 amide bonds. The highest BCUT2D eigenvalue weighted by atomic mass is 19.1. The average Bonchev–Trinajstić information content (AvgIpc) is 3.12. The minimum atomic E-state index is -0.342. The Morgan fingerprint density at radius 3 is 2.68 bits per heavy atom. The van der Waals surface area contributed by atoms with Crippen LogP contribution < -0.4 is 9.47 Å². The van der Waals surface area contributed by atoms with E-state index in [-0.39, 0.29) is 17.5 Å². The molecule has 0 aromatic heterocycles. The van der Waals surface area contributed by atoms with Crippen molar-refractivity contribution in [3.63, 3.8) is 0 Å². The van der Waals surface area contributed by atoms with E-state index < -0.39 is 0 Å². The molecule has 3 rings (SSSR count). The van der Waals surface area contributed by atoms with Crippen LogP contribution in [0.3, 0.4) is 0 Å². The summed E-state index contributed by atoms with van der Waals surface area (Å²) in [6.07, 6.45) is 1.75. The topological polar surface area (TPSA) is 38.8 Å². The number of benzene rings is 2. The van der Waals surface area contributed by atoms with Gasteiger partial charge in [-0.1, -0.05) is 12.1 Å². The van der Waals surface area contributed by atoms with Crippen molar-refractivity contribution in [1.82, 2.24) is 4.90 Å². The fourth-order valence-electron chi connectivity index (χ4n) is 3.07. The highest BCUT2D eigenvalue weighted by molar-refractivity contribution is 5.94. The average molecular weight is 343 g/mol. The van der Waals surface area contributed by atoms with E-state index in [1.807, 2.05) is 4.90 Å². The second kappa shape index (κ2) is 8.01. The second-order valence-corrected chi connectivity index (χ2v) is 6.20. The summed E-state index contributed by atoms with van der Waals surface area (Å²) in [6, 6.07) is 13.6. The van der Waals surface area contributed by atoms with Crippen molar-refractivity contribution in [2.24, 2.45) is 5.92 Å². The van der Waals surface area contributed by atoms with Gasteiger partial charge in [-0.25, -0.2) is 4.39 Å². The van der Waals surface area contributed by atoms with Gasteiger partial charge >= 0.3 is 0 Å². The van der Waals surface area contributed by atoms with E-state index in [2.05, 4.69) is 0 Å². The minimum Gasteiger partial charge on any atom is -0.497 e. The van der Waals surface area contributed by atoms with Gasteiger partial charge in [-0.2, -0.15) is 0 Å². The molecule has 0 saturated carbocycles. The molecule has 1 fully saturated rings. The molecule has 2 aromatic rings. The van der Waals surface area contributed by atoms with Crippen molar-refractivity contribution in [2.75, 3.05) is 26.8 Å². The maximum absolute atomic E-state index is 13.5. The molecule has 0 aliphatic carbocycles. The largest absolute Gasteiger partial charge is 0.497 e. The number of carbonyl (C=O) groups is 1. The lowest BCUT2D eigenvalue weighted by Gasteiger charge is -2.17. The molecule has 1 aliphatic rings. The first kappa shape index (κ1) is 17.3. The summed E-state index contributed by atoms with van der Waals surface area (Å²) in [6.45, 7) is 1.91. The SMILES string of the molecule is COc1ccc(C(=O)N2CCC(CCOc3ccccc3F)C2)cc1. The summed E-state index contributed by atoms with van der Waals surface area (Å²) in [7, 11) is 1.60. The molecular weight excluding hydrogens is 321 g/mol. The molecule has 1 saturated heterocycles. The number of ether oxygens (including phenoxy) is 2. The molecule has 1 aliphatic heterocycles. The number of carbonyl (C=O) groups excluding carboxylic acids is 1. The van der Waals surface area contributed by atoms with E-state index in [0.29, 0.717) is 24.6 Å². The lowest BCUT2D eigenvalue weighted by molar-refractivity contribution is 0.0785. The van der Waals surface area contributed by atoms with Crippen molar-refractivity contribution in [1.29, 1.82) is 0 Å². The van der Waals surface area contributed by atoms with Crippen LogP contribution in [0.1, 0.15) is 23.2 Å². The van der Waals surface area contributed by atoms with Crippen LogP contribution in [0.5, 0.6) is 11.5 Å². The van der Waals surface area contributed by atoms with Crippen molar-refractivity contribution in [3.8, 4) is 11.5 Å². The van der Waals surface area contributed by atoms with E-state index in [1.165, 1.54) is 6.07 Å². The number of hydrogen-bond donors (Lipinski definition) is 0. The fourth-order valence-corrected chi connectivity index (χ4v) is 3.07. The van der Waals surface area contributed by atoms with Gasteiger partial charge in [0.1, 0.15) is 5.75 Å². The summed E-state index contributed by atoms with van der Waals surface area (Å²) in [5, 5.41) is 0. The van der Waals surface area contributed by atoms with Gasteiger partial charge in [0, 0.05) is 18.7 Å². The van der Waals surface area contributed by atoms with Crippen LogP contribution in [0.15, 0.2) is 48.5 Å². The minimum absolute atomic E-state index is 0.0418. The Hall–Kier alpha value is -2.56. The van der Waals surface area contributed by atoms with Gasteiger partial charge < -0.3 is 14.4 Å². The molecule has 1 atom stereocenters. The predicted octanol–water partition coefficient (Wildman–Crippen LogP) is 3.77. The van der Waals surface area contributed by atoms with E-state index in [1.54, 1.807) is 49.6 Å². The molecule has 5 heteroatoms. The Bertz CT molecular complexity index is 717. The Balaban J connectivity index is 1.48. The number of amides is 1. The maximum Gasteiger partial charge on any atom is 0.253 e. The number of para-hydroxylation sites is 1. The first-order chi connectivity index (χ1) is 12.2. The van der Waals surface area contributed by atoms with E-state index in [4.69, 9.17) is 9.47 Å². The lowest BCUT2D eigenvalue weighted by Crippen LogP contribution is -2.28. The molecule has 1 heterocycles. The predicted molar refractivity (Wildman–Crippen MR) is 93.5 cm³/mol. The van der Waals surface area contributed by atoms with E-state index in [0.717, 1.165) is 25.1 Å². The molecule has 25 heavy (non-hydrogen) atoms. The zero-order valence-electron chi connectivity index (χ0n) is 14.3. The van der Waals surface area contributed by atoms with E-state index >= 15 is 0 Å². The lowest BCUT2D eigenvalue weighted by atomic mass is 10.1. The number of methoxy groups -OCH3 is 1. The summed E-state index contributed by atoms with van der Waals surface area (Å²) in [5.74, 6) is 1.10. The summed E-state index contributed by atoms with van der Waals surface area (Å²) >= 11 is 0. The zero-order chi connectivity index (χ0) is 17.6. The summed E-state index contributed by atoms with van der Waals surface area (Å²) in [4.78, 5) is 14.4. The standard InChI is InChI=1S/C20H22FNO3/c1-24-17-8-6-16(7-9-17)20(23)22-12-10-15(14-22)11-13-25-19-5-3-2-4-18(19)21/h2-9,15H,10-14H2,1H3. The highest BCUT2D eigenvalue weighted by Gasteiger charge is 2.26. The van der Waals surface area contributed by atoms with Gasteiger partial charge in [0.25, 0.3) is 5.91 Å². The Kier molecular flexibility index (Phi) is 5.53. The first-order valence-electron chi connectivity index (χ1n) is 8.48. The van der Waals surface area contributed by atoms with Crippen LogP contribution in [-0.4, -0.2) is 37.6 Å². The first-order valence-corrected chi connectivity index (χ1v) is 8.48. The molecule has 132 valence electrons. The molecule has 0 spiro atoms. The molecule has 0 bridgehead atoms. The zero-order valence-corrected chi connectivity index (χ0v) is 14.3. The Morgan fingerprint density at radius 2 is 1.96 bits per heavy atom. The van der Waals surface area contributed by atoms with Gasteiger partial charge in [-0.3, -0.25) is 4.79 Å². The molecule has 2 aromatic carbocycles. The van der Waals surface area contributed by atoms with Gasteiger partial charge in [0.05, 0.1) is 13.7 Å². The number of rotatable bonds is 6. The fraction of sp³-hybridized carbons (Fsp3) is 0.350. The Morgan fingerprint density at radius 1 is 1.20 bits per heavy atom. The second-order valence-electron chi connectivity index (χ2n) is 6.20. The number of likely N-dealkylation sites (tertiary alicyclic amines) is 1. The van der Waals surface area contributed by atoms with Gasteiger partial charge in [0.2, 0.25) is 0 Å². The van der Waals surface area contributed by atoms with Gasteiger partial charge in [-0.15, -0.1) is 0 Å². The van der Waals surface area contributed by atoms with Crippen LogP contribution in [0.25, 0.3) is 0 Å². The van der Waals surface area contributed by atoms with Crippen LogP contribution >= 0.6 is 0 Å². The molecule has 0 radical (unpaired) electrons. The number of hydrogen-bond acceptors (Lipinski definition) is 3. The van der Waals surface area contributed by atoms with Crippen LogP contribution in [0, 0.1) is 11.7 Å². The molecule has 0 N–H and O–H groups in total. The molecule has 1 unspecified atom stereocenters. The quantitative estimate of drug-likeness (QED) is 0.801. The smallest absolute Gasteiger partial charge is 0.253 e. The van der Waals surface area contributed by atoms with E-state index in [9.17, 15) is 9.18 Å². The Labute approximate surface area is 147 Å². The third kappa shape index (κ3) is 4.29. The van der Waals surface area contributed by atoms with Gasteiger partial charge in [-0.05, 0) is 55.2 Å². The van der Waals surface area contributed by atoms with Crippen LogP contribution in [0.4, 0.5) is 4.39 Å². The summed E-state index contributed by atoms with van der Waals surface area (Å²) < 4.78 is 24.1. The number of halogens is 1. The van der Waals surface area contributed by atoms with Crippen molar-refractivity contribution >= 4 is 5.91 Å². The van der Waals surface area contributed by atoms with Crippen LogP contribution in [0.2, 0.25) is 0 Å². The maximum atomic E-state index is 13.5. The van der Waals surface area contributed by atoms with Crippen molar-refractivity contribution < 1.29 is 18.7 Å². The van der Waals surface area contributed by atoms with Crippen LogP contribution in [-0.2, 0) is 0 Å². The summed E-state index contributed by atoms with van der Waals surface area (Å²) in [5.41, 5.74) is 0.670. The molecular formula is C20H22FNO3. The highest BCUT2D eigenvalue weighted by Crippen LogP contribution is 2.23. The third-order valence-corrected chi connectivity index (χ3v) is 4.53. The van der Waals surface area contributed by atoms with Crippen molar-refractivity contribution in [3.05, 3.63) is 59.9 Å². The number of nitrogens with zero attached hydrogens (tertiary/aromatic N) is 1. The third-order valence-electron chi connectivity index (χ3n) is 4.53. The van der Waals surface area contributed by atoms with Crippen molar-refractivity contribution in [2.45, 2.75) is 12.8 Å².